The first-order valence-corrected chi connectivity index (χ1v) is 8.43. The standard InChI is InChI=1S/C17H23ClN2O2/c1-13(17(21)19-8-2-3-9-19)20-10-11-22-16(12-20)14-4-6-15(18)7-5-14/h4-7,13,16H,2-3,8-12H2,1H3/t13-,16+/m0/s1. The lowest BCUT2D eigenvalue weighted by Crippen LogP contribution is -2.50. The van der Waals surface area contributed by atoms with Gasteiger partial charge in [0, 0.05) is 31.2 Å². The van der Waals surface area contributed by atoms with Crippen LogP contribution in [0.1, 0.15) is 31.4 Å². The molecule has 2 heterocycles. The number of hydrogen-bond acceptors (Lipinski definition) is 3. The highest BCUT2D eigenvalue weighted by Crippen LogP contribution is 2.25. The van der Waals surface area contributed by atoms with Crippen molar-refractivity contribution in [1.82, 2.24) is 9.80 Å². The monoisotopic (exact) mass is 322 g/mol. The first-order chi connectivity index (χ1) is 10.6. The molecule has 1 amide bonds. The number of carbonyl (C=O) groups excluding carboxylic acids is 1. The number of rotatable bonds is 3. The zero-order valence-corrected chi connectivity index (χ0v) is 13.8. The van der Waals surface area contributed by atoms with Gasteiger partial charge in [-0.25, -0.2) is 0 Å². The summed E-state index contributed by atoms with van der Waals surface area (Å²) in [4.78, 5) is 16.8. The minimum absolute atomic E-state index is 0.0137. The Morgan fingerprint density at radius 2 is 1.91 bits per heavy atom. The van der Waals surface area contributed by atoms with Crippen molar-refractivity contribution in [2.24, 2.45) is 0 Å². The molecule has 22 heavy (non-hydrogen) atoms. The van der Waals surface area contributed by atoms with Crippen molar-refractivity contribution < 1.29 is 9.53 Å². The SMILES string of the molecule is C[C@@H](C(=O)N1CCCC1)N1CCO[C@@H](c2ccc(Cl)cc2)C1. The fraction of sp³-hybridized carbons (Fsp3) is 0.588. The number of carbonyl (C=O) groups is 1. The lowest BCUT2D eigenvalue weighted by molar-refractivity contribution is -0.138. The van der Waals surface area contributed by atoms with Gasteiger partial charge in [-0.15, -0.1) is 0 Å². The molecule has 0 unspecified atom stereocenters. The largest absolute Gasteiger partial charge is 0.371 e. The lowest BCUT2D eigenvalue weighted by atomic mass is 10.1. The molecular weight excluding hydrogens is 300 g/mol. The highest BCUT2D eigenvalue weighted by atomic mass is 35.5. The van der Waals surface area contributed by atoms with E-state index in [2.05, 4.69) is 4.90 Å². The molecule has 0 radical (unpaired) electrons. The summed E-state index contributed by atoms with van der Waals surface area (Å²) in [5, 5.41) is 0.731. The normalized spacial score (nSPS) is 24.5. The summed E-state index contributed by atoms with van der Waals surface area (Å²) in [5.74, 6) is 0.259. The summed E-state index contributed by atoms with van der Waals surface area (Å²) in [5.41, 5.74) is 1.12. The third-order valence-electron chi connectivity index (χ3n) is 4.66. The molecule has 0 aliphatic carbocycles. The first kappa shape index (κ1) is 15.8. The van der Waals surface area contributed by atoms with Crippen LogP contribution in [0.25, 0.3) is 0 Å². The Balaban J connectivity index is 1.64. The van der Waals surface area contributed by atoms with E-state index in [9.17, 15) is 4.79 Å². The number of ether oxygens (including phenoxy) is 1. The Morgan fingerprint density at radius 1 is 1.23 bits per heavy atom. The zero-order valence-electron chi connectivity index (χ0n) is 13.0. The van der Waals surface area contributed by atoms with Crippen molar-refractivity contribution in [3.63, 3.8) is 0 Å². The van der Waals surface area contributed by atoms with Crippen LogP contribution in [0.5, 0.6) is 0 Å². The first-order valence-electron chi connectivity index (χ1n) is 8.05. The molecule has 4 nitrogen and oxygen atoms in total. The predicted octanol–water partition coefficient (Wildman–Crippen LogP) is 2.72. The van der Waals surface area contributed by atoms with Gasteiger partial charge < -0.3 is 9.64 Å². The third kappa shape index (κ3) is 3.45. The molecule has 2 fully saturated rings. The average molecular weight is 323 g/mol. The van der Waals surface area contributed by atoms with Gasteiger partial charge in [0.15, 0.2) is 0 Å². The van der Waals surface area contributed by atoms with Crippen LogP contribution in [-0.2, 0) is 9.53 Å². The van der Waals surface area contributed by atoms with Crippen molar-refractivity contribution in [2.45, 2.75) is 31.9 Å². The number of benzene rings is 1. The molecule has 1 aromatic rings. The maximum absolute atomic E-state index is 12.6. The maximum atomic E-state index is 12.6. The fourth-order valence-electron chi connectivity index (χ4n) is 3.26. The zero-order chi connectivity index (χ0) is 15.5. The van der Waals surface area contributed by atoms with Crippen molar-refractivity contribution in [2.75, 3.05) is 32.8 Å². The van der Waals surface area contributed by atoms with Gasteiger partial charge in [0.25, 0.3) is 0 Å². The molecule has 5 heteroatoms. The molecule has 3 rings (SSSR count). The summed E-state index contributed by atoms with van der Waals surface area (Å²) in [6.07, 6.45) is 2.28. The summed E-state index contributed by atoms with van der Waals surface area (Å²) >= 11 is 5.94. The minimum atomic E-state index is -0.0724. The van der Waals surface area contributed by atoms with Crippen LogP contribution < -0.4 is 0 Å². The van der Waals surface area contributed by atoms with E-state index in [0.29, 0.717) is 6.61 Å². The molecule has 0 spiro atoms. The van der Waals surface area contributed by atoms with E-state index in [4.69, 9.17) is 16.3 Å². The number of hydrogen-bond donors (Lipinski definition) is 0. The summed E-state index contributed by atoms with van der Waals surface area (Å²) in [7, 11) is 0. The smallest absolute Gasteiger partial charge is 0.239 e. The van der Waals surface area contributed by atoms with Crippen LogP contribution in [0.3, 0.4) is 0 Å². The molecular formula is C17H23ClN2O2. The van der Waals surface area contributed by atoms with Crippen LogP contribution in [0.4, 0.5) is 0 Å². The van der Waals surface area contributed by atoms with E-state index >= 15 is 0 Å². The van der Waals surface area contributed by atoms with Gasteiger partial charge in [-0.2, -0.15) is 0 Å². The van der Waals surface area contributed by atoms with E-state index in [1.165, 1.54) is 0 Å². The van der Waals surface area contributed by atoms with Gasteiger partial charge in [0.2, 0.25) is 5.91 Å². The molecule has 2 aliphatic rings. The summed E-state index contributed by atoms with van der Waals surface area (Å²) in [6, 6.07) is 7.71. The fourth-order valence-corrected chi connectivity index (χ4v) is 3.38. The van der Waals surface area contributed by atoms with Gasteiger partial charge in [0.1, 0.15) is 0 Å². The summed E-state index contributed by atoms with van der Waals surface area (Å²) < 4.78 is 5.88. The Labute approximate surface area is 137 Å². The van der Waals surface area contributed by atoms with Gasteiger partial charge in [-0.3, -0.25) is 9.69 Å². The van der Waals surface area contributed by atoms with Crippen molar-refractivity contribution >= 4 is 17.5 Å². The molecule has 0 saturated carbocycles. The van der Waals surface area contributed by atoms with E-state index < -0.39 is 0 Å². The van der Waals surface area contributed by atoms with E-state index in [-0.39, 0.29) is 18.1 Å². The summed E-state index contributed by atoms with van der Waals surface area (Å²) in [6.45, 7) is 6.06. The van der Waals surface area contributed by atoms with Crippen LogP contribution in [0.2, 0.25) is 5.02 Å². The van der Waals surface area contributed by atoms with Gasteiger partial charge in [0.05, 0.1) is 18.8 Å². The number of likely N-dealkylation sites (tertiary alicyclic amines) is 1. The Morgan fingerprint density at radius 3 is 2.59 bits per heavy atom. The lowest BCUT2D eigenvalue weighted by Gasteiger charge is -2.37. The molecule has 0 aromatic heterocycles. The second kappa shape index (κ2) is 6.99. The molecule has 120 valence electrons. The third-order valence-corrected chi connectivity index (χ3v) is 4.91. The van der Waals surface area contributed by atoms with E-state index in [1.54, 1.807) is 0 Å². The number of nitrogens with zero attached hydrogens (tertiary/aromatic N) is 2. The van der Waals surface area contributed by atoms with Gasteiger partial charge in [-0.05, 0) is 37.5 Å². The Hall–Kier alpha value is -1.10. The predicted molar refractivity (Wildman–Crippen MR) is 87.0 cm³/mol. The quantitative estimate of drug-likeness (QED) is 0.858. The van der Waals surface area contributed by atoms with Crippen LogP contribution in [0, 0.1) is 0 Å². The molecule has 2 aliphatic heterocycles. The van der Waals surface area contributed by atoms with Crippen LogP contribution in [0.15, 0.2) is 24.3 Å². The molecule has 2 saturated heterocycles. The van der Waals surface area contributed by atoms with Crippen molar-refractivity contribution in [1.29, 1.82) is 0 Å². The minimum Gasteiger partial charge on any atom is -0.371 e. The van der Waals surface area contributed by atoms with Gasteiger partial charge >= 0.3 is 0 Å². The number of amides is 1. The van der Waals surface area contributed by atoms with Crippen molar-refractivity contribution in [3.05, 3.63) is 34.9 Å². The van der Waals surface area contributed by atoms with Crippen LogP contribution >= 0.6 is 11.6 Å². The average Bonchev–Trinajstić information content (AvgIpc) is 3.09. The van der Waals surface area contributed by atoms with E-state index in [0.717, 1.165) is 49.6 Å². The Kier molecular flexibility index (Phi) is 5.01. The van der Waals surface area contributed by atoms with Gasteiger partial charge in [-0.1, -0.05) is 23.7 Å². The molecule has 0 bridgehead atoms. The maximum Gasteiger partial charge on any atom is 0.239 e. The number of halogens is 1. The number of morpholine rings is 1. The second-order valence-electron chi connectivity index (χ2n) is 6.11. The Bertz CT molecular complexity index is 514. The highest BCUT2D eigenvalue weighted by Gasteiger charge is 2.31. The highest BCUT2D eigenvalue weighted by molar-refractivity contribution is 6.30. The molecule has 1 aromatic carbocycles. The van der Waals surface area contributed by atoms with Crippen LogP contribution in [-0.4, -0.2) is 54.5 Å². The van der Waals surface area contributed by atoms with E-state index in [1.807, 2.05) is 36.1 Å². The molecule has 0 N–H and O–H groups in total. The molecule has 2 atom stereocenters. The topological polar surface area (TPSA) is 32.8 Å². The second-order valence-corrected chi connectivity index (χ2v) is 6.55. The van der Waals surface area contributed by atoms with Crippen molar-refractivity contribution in [3.8, 4) is 0 Å².